The lowest BCUT2D eigenvalue weighted by Gasteiger charge is -2.32. The Morgan fingerprint density at radius 3 is 0.788 bits per heavy atom. The molecule has 0 saturated carbocycles. The molecule has 12 rings (SSSR count). The van der Waals surface area contributed by atoms with Crippen LogP contribution in [0.5, 0.6) is 0 Å². The number of aromatic nitrogens is 5. The van der Waals surface area contributed by atoms with Crippen LogP contribution in [0.4, 0.5) is 72.3 Å². The van der Waals surface area contributed by atoms with Gasteiger partial charge in [0.1, 0.15) is 0 Å². The first-order valence-corrected chi connectivity index (χ1v) is 37.0. The van der Waals surface area contributed by atoms with Crippen molar-refractivity contribution in [2.24, 2.45) is 0 Å². The molecule has 0 bridgehead atoms. The van der Waals surface area contributed by atoms with Crippen molar-refractivity contribution in [3.05, 3.63) is 280 Å². The van der Waals surface area contributed by atoms with E-state index in [9.17, 15) is 67.9 Å². The van der Waals surface area contributed by atoms with Crippen LogP contribution in [-0.4, -0.2) is 130 Å². The second-order valence-electron chi connectivity index (χ2n) is 27.5. The molecule has 0 aliphatic carbocycles. The number of hydrogen-bond acceptors (Lipinski definition) is 19. The van der Waals surface area contributed by atoms with Gasteiger partial charge in [-0.3, -0.25) is 44.1 Å². The molecule has 7 heterocycles. The van der Waals surface area contributed by atoms with Crippen LogP contribution < -0.4 is 37.9 Å². The van der Waals surface area contributed by atoms with Crippen LogP contribution >= 0.6 is 47.8 Å². The smallest absolute Gasteiger partial charge is 0.478 e. The van der Waals surface area contributed by atoms with Gasteiger partial charge in [0.25, 0.3) is 23.6 Å². The number of aromatic carboxylic acids is 1. The normalized spacial score (nSPS) is 13.5. The molecule has 0 unspecified atom stereocenters. The van der Waals surface area contributed by atoms with E-state index in [1.54, 1.807) is 65.3 Å². The van der Waals surface area contributed by atoms with Gasteiger partial charge in [-0.05, 0) is 235 Å². The summed E-state index contributed by atoms with van der Waals surface area (Å²) in [4.78, 5) is 78.3. The monoisotopic (exact) mass is 1830 g/mol. The molecule has 5 aromatic heterocycles. The van der Waals surface area contributed by atoms with Crippen molar-refractivity contribution in [1.29, 1.82) is 0 Å². The summed E-state index contributed by atoms with van der Waals surface area (Å²) in [5.74, 6) is -13.0. The molecule has 118 heavy (non-hydrogen) atoms. The molecule has 2 fully saturated rings. The third-order valence-electron chi connectivity index (χ3n) is 17.6. The number of pyridine rings is 5. The molecule has 0 atom stereocenters. The number of nitrogens with one attached hydrogen (secondary N) is 4. The highest BCUT2D eigenvalue weighted by molar-refractivity contribution is 9.11. The van der Waals surface area contributed by atoms with Gasteiger partial charge >= 0.3 is 34.2 Å². The summed E-state index contributed by atoms with van der Waals surface area (Å²) in [5, 5.41) is 54.7. The molecule has 0 radical (unpaired) electrons. The summed E-state index contributed by atoms with van der Waals surface area (Å²) in [5.41, 5.74) is 8.04. The topological polar surface area (TPSA) is 362 Å². The van der Waals surface area contributed by atoms with Crippen LogP contribution in [-0.2, 0) is 18.6 Å². The third kappa shape index (κ3) is 27.4. The number of carbonyl (C=O) groups excluding carboxylic acids is 4. The van der Waals surface area contributed by atoms with E-state index in [4.69, 9.17) is 49.6 Å². The summed E-state index contributed by atoms with van der Waals surface area (Å²) in [6, 6.07) is 22.8. The summed E-state index contributed by atoms with van der Waals surface area (Å²) in [7, 11) is -4.46. The van der Waals surface area contributed by atoms with E-state index in [1.807, 2.05) is 55.4 Å². The predicted molar refractivity (Wildman–Crippen MR) is 435 cm³/mol. The quantitative estimate of drug-likeness (QED) is 0.0308. The van der Waals surface area contributed by atoms with Gasteiger partial charge in [0.15, 0.2) is 58.2 Å². The zero-order chi connectivity index (χ0) is 88.4. The number of benzene rings is 5. The molecular weight excluding hydrogens is 1760 g/mol. The molecule has 4 amide bonds. The van der Waals surface area contributed by atoms with Crippen molar-refractivity contribution < 1.29 is 112 Å². The van der Waals surface area contributed by atoms with Crippen molar-refractivity contribution in [2.45, 2.75) is 112 Å². The lowest BCUT2D eigenvalue weighted by Crippen LogP contribution is -2.41. The average Bonchev–Trinajstić information content (AvgIpc) is 1.59. The number of nitrogen functional groups attached to an aromatic ring is 1. The number of nitrogens with two attached hydrogens (primary N) is 1. The number of hydrogen-bond donors (Lipinski definition) is 10. The lowest BCUT2D eigenvalue weighted by atomic mass is 9.49. The Kier molecular flexibility index (Phi) is 34.3. The lowest BCUT2D eigenvalue weighted by molar-refractivity contribution is 0.00578. The number of carbonyl (C=O) groups is 5. The van der Waals surface area contributed by atoms with Crippen molar-refractivity contribution in [2.75, 3.05) is 27.0 Å². The van der Waals surface area contributed by atoms with Crippen LogP contribution in [0.3, 0.4) is 0 Å². The van der Waals surface area contributed by atoms with Crippen LogP contribution in [0.15, 0.2) is 166 Å². The molecule has 620 valence electrons. The maximum atomic E-state index is 13.1. The van der Waals surface area contributed by atoms with E-state index in [-0.39, 0.29) is 78.5 Å². The van der Waals surface area contributed by atoms with Gasteiger partial charge in [0, 0.05) is 119 Å². The summed E-state index contributed by atoms with van der Waals surface area (Å²) in [6.45, 7) is 24.4. The fraction of sp³-hybridized carbons (Fsp3) is 0.221. The molecular formula is C77H75B4Br3F10N10O14. The van der Waals surface area contributed by atoms with Gasteiger partial charge in [-0.15, -0.1) is 0 Å². The standard InChI is InChI=1S/2C13H11BF2N2O3.2C13H9BrF2N2O.C12H24B2O4.C7H6BrNO2.C6H5F2N/c2*1-7-10(4-8(6-17-7)14(20)21)13(19)18-9-2-3-11(15)12(16)5-9;2*1-7-10(4-8(14)6-17-7)13(19)18-9-2-3-11(15)12(16)5-9;1-9(2)10(3,4)16-13(15-9)14-17-11(5,6)12(7,8)18-14;1-4-6(7(10)11)2-5(8)3-9-4;7-5-2-1-4(9)3-6(5)8/h2*2-6,20-21H,1H3,(H,18,19);2*2-6H,1H3,(H,18,19);1-8H3;2-3H,1H3,(H,10,11);1-3H,9H2. The summed E-state index contributed by atoms with van der Waals surface area (Å²) in [6.07, 6.45) is 7.18. The maximum absolute atomic E-state index is 13.1. The van der Waals surface area contributed by atoms with Crippen LogP contribution in [0, 0.1) is 92.8 Å². The first kappa shape index (κ1) is 96.5. The largest absolute Gasteiger partial charge is 0.490 e. The van der Waals surface area contributed by atoms with Crippen molar-refractivity contribution in [3.63, 3.8) is 0 Å². The Hall–Kier alpha value is -10.3. The number of anilines is 5. The average molecular weight is 1840 g/mol. The Balaban J connectivity index is 0.000000217. The van der Waals surface area contributed by atoms with Gasteiger partial charge in [-0.1, -0.05) is 0 Å². The Morgan fingerprint density at radius 1 is 0.347 bits per heavy atom. The van der Waals surface area contributed by atoms with E-state index in [1.165, 1.54) is 60.9 Å². The molecule has 0 spiro atoms. The first-order chi connectivity index (χ1) is 54.9. The summed E-state index contributed by atoms with van der Waals surface area (Å²) >= 11 is 9.58. The Labute approximate surface area is 697 Å². The van der Waals surface area contributed by atoms with Crippen LogP contribution in [0.2, 0.25) is 0 Å². The number of halogens is 13. The van der Waals surface area contributed by atoms with Gasteiger partial charge in [-0.2, -0.15) is 0 Å². The molecule has 5 aromatic carbocycles. The van der Waals surface area contributed by atoms with E-state index in [0.29, 0.717) is 53.0 Å². The molecule has 2 aliphatic rings. The minimum absolute atomic E-state index is 0.0519. The zero-order valence-corrected chi connectivity index (χ0v) is 69.6. The van der Waals surface area contributed by atoms with E-state index in [2.05, 4.69) is 94.0 Å². The van der Waals surface area contributed by atoms with Crippen molar-refractivity contribution in [3.8, 4) is 0 Å². The molecule has 2 aliphatic heterocycles. The number of amides is 4. The number of aryl methyl sites for hydroxylation is 5. The second-order valence-corrected chi connectivity index (χ2v) is 30.2. The fourth-order valence-electron chi connectivity index (χ4n) is 9.64. The summed E-state index contributed by atoms with van der Waals surface area (Å²) < 4.78 is 153. The Morgan fingerprint density at radius 2 is 0.568 bits per heavy atom. The van der Waals surface area contributed by atoms with Gasteiger partial charge in [0.05, 0.1) is 67.3 Å². The molecule has 2 saturated heterocycles. The van der Waals surface area contributed by atoms with Crippen molar-refractivity contribution in [1.82, 2.24) is 24.9 Å². The highest BCUT2D eigenvalue weighted by Crippen LogP contribution is 2.43. The van der Waals surface area contributed by atoms with Gasteiger partial charge in [-0.25, -0.2) is 48.7 Å². The van der Waals surface area contributed by atoms with Crippen LogP contribution in [0.1, 0.15) is 136 Å². The van der Waals surface area contributed by atoms with E-state index >= 15 is 0 Å². The highest BCUT2D eigenvalue weighted by Gasteiger charge is 2.64. The molecule has 24 nitrogen and oxygen atoms in total. The fourth-order valence-corrected chi connectivity index (χ4v) is 10.6. The SMILES string of the molecule is CC1(C)OB(B2OC(C)(C)C(C)(C)O2)OC1(C)C.Cc1ncc(B(O)O)cc1C(=O)Nc1ccc(F)c(F)c1.Cc1ncc(B(O)O)cc1C(=O)Nc1ccc(F)c(F)c1.Cc1ncc(Br)cc1C(=O)Nc1ccc(F)c(F)c1.Cc1ncc(Br)cc1C(=O)Nc1ccc(F)c(F)c1.Cc1ncc(Br)cc1C(=O)O.Nc1ccc(F)c(F)c1. The first-order valence-electron chi connectivity index (χ1n) is 34.6. The minimum atomic E-state index is -1.76. The predicted octanol–water partition coefficient (Wildman–Crippen LogP) is 14.2. The van der Waals surface area contributed by atoms with Crippen molar-refractivity contribution >= 4 is 145 Å². The minimum Gasteiger partial charge on any atom is -0.478 e. The molecule has 41 heteroatoms. The number of carboxylic acid groups (broad SMARTS) is 1. The zero-order valence-electron chi connectivity index (χ0n) is 64.9. The van der Waals surface area contributed by atoms with Gasteiger partial charge < -0.3 is 70.8 Å². The third-order valence-corrected chi connectivity index (χ3v) is 18.9. The molecule has 10 aromatic rings. The number of nitrogens with zero attached hydrogens (tertiary/aromatic N) is 5. The van der Waals surface area contributed by atoms with Gasteiger partial charge in [0.2, 0.25) is 0 Å². The second kappa shape index (κ2) is 41.9. The Bertz CT molecular complexity index is 5040. The molecule has 11 N–H and O–H groups in total. The van der Waals surface area contributed by atoms with E-state index < -0.39 is 116 Å². The number of rotatable bonds is 12. The maximum Gasteiger partial charge on any atom is 0.490 e. The van der Waals surface area contributed by atoms with E-state index in [0.717, 1.165) is 60.7 Å². The highest BCUT2D eigenvalue weighted by atomic mass is 79.9. The van der Waals surface area contributed by atoms with Crippen LogP contribution in [0.25, 0.3) is 0 Å². The number of carboxylic acids is 1.